The predicted octanol–water partition coefficient (Wildman–Crippen LogP) is 2.10. The van der Waals surface area contributed by atoms with Crippen LogP contribution in [0.5, 0.6) is 0 Å². The van der Waals surface area contributed by atoms with Gasteiger partial charge in [0, 0.05) is 37.9 Å². The third-order valence-corrected chi connectivity index (χ3v) is 4.02. The van der Waals surface area contributed by atoms with Crippen LogP contribution in [0.3, 0.4) is 0 Å². The summed E-state index contributed by atoms with van der Waals surface area (Å²) in [5, 5.41) is 0. The van der Waals surface area contributed by atoms with Gasteiger partial charge in [-0.15, -0.1) is 0 Å². The van der Waals surface area contributed by atoms with Gasteiger partial charge in [0.25, 0.3) is 5.91 Å². The molecular weight excluding hydrogens is 250 g/mol. The molecule has 1 aliphatic heterocycles. The Morgan fingerprint density at radius 3 is 2.60 bits per heavy atom. The molecule has 4 heteroatoms. The highest BCUT2D eigenvalue weighted by Crippen LogP contribution is 2.22. The molecule has 20 heavy (non-hydrogen) atoms. The van der Waals surface area contributed by atoms with E-state index in [4.69, 9.17) is 5.73 Å². The Hall–Kier alpha value is -1.55. The number of anilines is 1. The van der Waals surface area contributed by atoms with Crippen molar-refractivity contribution in [3.05, 3.63) is 29.8 Å². The van der Waals surface area contributed by atoms with Crippen molar-refractivity contribution in [3.8, 4) is 0 Å². The van der Waals surface area contributed by atoms with Crippen LogP contribution in [0.4, 0.5) is 5.69 Å². The van der Waals surface area contributed by atoms with Crippen LogP contribution in [0, 0.1) is 0 Å². The highest BCUT2D eigenvalue weighted by molar-refractivity contribution is 5.94. The molecule has 0 radical (unpaired) electrons. The zero-order chi connectivity index (χ0) is 14.5. The van der Waals surface area contributed by atoms with Gasteiger partial charge in [-0.2, -0.15) is 0 Å². The number of nitrogens with two attached hydrogens (primary N) is 1. The molecule has 1 atom stereocenters. The van der Waals surface area contributed by atoms with Crippen LogP contribution >= 0.6 is 0 Å². The van der Waals surface area contributed by atoms with Gasteiger partial charge in [0.05, 0.1) is 0 Å². The van der Waals surface area contributed by atoms with E-state index in [-0.39, 0.29) is 5.91 Å². The minimum Gasteiger partial charge on any atom is -0.378 e. The molecule has 0 bridgehead atoms. The lowest BCUT2D eigenvalue weighted by atomic mass is 9.98. The van der Waals surface area contributed by atoms with Crippen molar-refractivity contribution in [2.75, 3.05) is 32.1 Å². The predicted molar refractivity (Wildman–Crippen MR) is 83.1 cm³/mol. The molecule has 0 spiro atoms. The van der Waals surface area contributed by atoms with Gasteiger partial charge in [-0.1, -0.05) is 0 Å². The van der Waals surface area contributed by atoms with Crippen molar-refractivity contribution in [1.29, 1.82) is 0 Å². The molecule has 1 unspecified atom stereocenters. The molecule has 1 saturated heterocycles. The van der Waals surface area contributed by atoms with E-state index in [1.165, 1.54) is 6.42 Å². The Morgan fingerprint density at radius 2 is 2.00 bits per heavy atom. The maximum Gasteiger partial charge on any atom is 0.254 e. The van der Waals surface area contributed by atoms with Crippen LogP contribution in [0.15, 0.2) is 24.3 Å². The minimum absolute atomic E-state index is 0.147. The average molecular weight is 275 g/mol. The number of likely N-dealkylation sites (tertiary alicyclic amines) is 1. The van der Waals surface area contributed by atoms with E-state index in [9.17, 15) is 4.79 Å². The Labute approximate surface area is 121 Å². The van der Waals surface area contributed by atoms with Gasteiger partial charge >= 0.3 is 0 Å². The summed E-state index contributed by atoms with van der Waals surface area (Å²) in [6, 6.07) is 8.15. The Morgan fingerprint density at radius 1 is 1.30 bits per heavy atom. The Balaban J connectivity index is 2.12. The summed E-state index contributed by atoms with van der Waals surface area (Å²) < 4.78 is 0. The van der Waals surface area contributed by atoms with Gasteiger partial charge in [0.15, 0.2) is 0 Å². The fourth-order valence-corrected chi connectivity index (χ4v) is 2.83. The van der Waals surface area contributed by atoms with Crippen LogP contribution in [0.25, 0.3) is 0 Å². The second-order valence-electron chi connectivity index (χ2n) is 5.67. The van der Waals surface area contributed by atoms with Crippen molar-refractivity contribution < 1.29 is 4.79 Å². The van der Waals surface area contributed by atoms with Crippen molar-refractivity contribution in [1.82, 2.24) is 4.90 Å². The maximum atomic E-state index is 12.6. The maximum absolute atomic E-state index is 12.6. The lowest BCUT2D eigenvalue weighted by Crippen LogP contribution is -2.44. The van der Waals surface area contributed by atoms with Crippen molar-refractivity contribution in [2.24, 2.45) is 5.73 Å². The number of carbonyl (C=O) groups is 1. The molecule has 0 aliphatic carbocycles. The van der Waals surface area contributed by atoms with Crippen molar-refractivity contribution >= 4 is 11.6 Å². The third-order valence-electron chi connectivity index (χ3n) is 4.02. The Kier molecular flexibility index (Phi) is 5.01. The number of piperidine rings is 1. The largest absolute Gasteiger partial charge is 0.378 e. The number of rotatable bonds is 4. The van der Waals surface area contributed by atoms with Crippen LogP contribution in [0.2, 0.25) is 0 Å². The van der Waals surface area contributed by atoms with Gasteiger partial charge in [0.2, 0.25) is 0 Å². The molecular formula is C16H25N3O. The minimum atomic E-state index is 0.147. The first-order valence-corrected chi connectivity index (χ1v) is 7.42. The molecule has 4 nitrogen and oxygen atoms in total. The molecule has 0 aromatic heterocycles. The van der Waals surface area contributed by atoms with E-state index in [0.717, 1.165) is 37.1 Å². The number of nitrogens with zero attached hydrogens (tertiary/aromatic N) is 2. The zero-order valence-corrected chi connectivity index (χ0v) is 12.5. The second kappa shape index (κ2) is 6.75. The quantitative estimate of drug-likeness (QED) is 0.915. The molecule has 2 N–H and O–H groups in total. The molecule has 1 fully saturated rings. The average Bonchev–Trinajstić information content (AvgIpc) is 2.47. The molecule has 1 heterocycles. The van der Waals surface area contributed by atoms with E-state index in [0.29, 0.717) is 12.6 Å². The topological polar surface area (TPSA) is 49.6 Å². The summed E-state index contributed by atoms with van der Waals surface area (Å²) in [6.07, 6.45) is 4.29. The SMILES string of the molecule is CN(C)c1ccc(C(=O)N2CCCCC2CCN)cc1. The molecule has 1 aliphatic rings. The fraction of sp³-hybridized carbons (Fsp3) is 0.562. The normalized spacial score (nSPS) is 18.9. The Bertz CT molecular complexity index is 440. The van der Waals surface area contributed by atoms with Crippen LogP contribution in [-0.4, -0.2) is 44.0 Å². The first-order valence-electron chi connectivity index (χ1n) is 7.42. The van der Waals surface area contributed by atoms with E-state index in [1.54, 1.807) is 0 Å². The van der Waals surface area contributed by atoms with E-state index < -0.39 is 0 Å². The monoisotopic (exact) mass is 275 g/mol. The number of benzene rings is 1. The van der Waals surface area contributed by atoms with Crippen molar-refractivity contribution in [2.45, 2.75) is 31.7 Å². The van der Waals surface area contributed by atoms with Crippen molar-refractivity contribution in [3.63, 3.8) is 0 Å². The van der Waals surface area contributed by atoms with Crippen LogP contribution < -0.4 is 10.6 Å². The van der Waals surface area contributed by atoms with Gasteiger partial charge in [0.1, 0.15) is 0 Å². The summed E-state index contributed by atoms with van der Waals surface area (Å²) in [5.74, 6) is 0.147. The van der Waals surface area contributed by atoms with Gasteiger partial charge in [-0.25, -0.2) is 0 Å². The summed E-state index contributed by atoms with van der Waals surface area (Å²) >= 11 is 0. The second-order valence-corrected chi connectivity index (χ2v) is 5.67. The van der Waals surface area contributed by atoms with E-state index in [1.807, 2.05) is 48.2 Å². The van der Waals surface area contributed by atoms with E-state index in [2.05, 4.69) is 0 Å². The number of hydrogen-bond acceptors (Lipinski definition) is 3. The van der Waals surface area contributed by atoms with Gasteiger partial charge in [-0.3, -0.25) is 4.79 Å². The molecule has 0 saturated carbocycles. The van der Waals surface area contributed by atoms with E-state index >= 15 is 0 Å². The third kappa shape index (κ3) is 3.31. The smallest absolute Gasteiger partial charge is 0.254 e. The van der Waals surface area contributed by atoms with Crippen LogP contribution in [-0.2, 0) is 0 Å². The fourth-order valence-electron chi connectivity index (χ4n) is 2.83. The highest BCUT2D eigenvalue weighted by atomic mass is 16.2. The summed E-state index contributed by atoms with van der Waals surface area (Å²) in [7, 11) is 4.00. The lowest BCUT2D eigenvalue weighted by molar-refractivity contribution is 0.0605. The number of amides is 1. The van der Waals surface area contributed by atoms with Gasteiger partial charge < -0.3 is 15.5 Å². The first kappa shape index (κ1) is 14.9. The molecule has 110 valence electrons. The van der Waals surface area contributed by atoms with Crippen LogP contribution in [0.1, 0.15) is 36.0 Å². The van der Waals surface area contributed by atoms with Gasteiger partial charge in [-0.05, 0) is 56.5 Å². The number of hydrogen-bond donors (Lipinski definition) is 1. The highest BCUT2D eigenvalue weighted by Gasteiger charge is 2.26. The molecule has 1 amide bonds. The molecule has 1 aromatic rings. The standard InChI is InChI=1S/C16H25N3O/c1-18(2)14-8-6-13(7-9-14)16(20)19-12-4-3-5-15(19)10-11-17/h6-9,15H,3-5,10-12,17H2,1-2H3. The summed E-state index contributed by atoms with van der Waals surface area (Å²) in [4.78, 5) is 16.7. The first-order chi connectivity index (χ1) is 9.63. The molecule has 1 aromatic carbocycles. The molecule has 2 rings (SSSR count). The summed E-state index contributed by atoms with van der Waals surface area (Å²) in [6.45, 7) is 1.51. The number of carbonyl (C=O) groups excluding carboxylic acids is 1. The zero-order valence-electron chi connectivity index (χ0n) is 12.5. The summed E-state index contributed by atoms with van der Waals surface area (Å²) in [5.41, 5.74) is 7.56. The lowest BCUT2D eigenvalue weighted by Gasteiger charge is -2.35.